The molecular weight excluding hydrogens is 256 g/mol. The summed E-state index contributed by atoms with van der Waals surface area (Å²) in [5, 5.41) is 9.44. The average molecular weight is 278 g/mol. The Balaban J connectivity index is 3.03. The lowest BCUT2D eigenvalue weighted by molar-refractivity contribution is -0.139. The van der Waals surface area contributed by atoms with Crippen LogP contribution in [0.25, 0.3) is 0 Å². The summed E-state index contributed by atoms with van der Waals surface area (Å²) in [6.45, 7) is 7.53. The zero-order valence-electron chi connectivity index (χ0n) is 12.5. The molecule has 0 aliphatic rings. The fraction of sp³-hybridized carbons (Fsp3) is 0.500. The van der Waals surface area contributed by atoms with Gasteiger partial charge in [-0.1, -0.05) is 39.0 Å². The predicted molar refractivity (Wildman–Crippen MR) is 76.8 cm³/mol. The lowest BCUT2D eigenvalue weighted by atomic mass is 9.84. The Bertz CT molecular complexity index is 485. The van der Waals surface area contributed by atoms with Crippen LogP contribution in [0.3, 0.4) is 0 Å². The number of carboxylic acid groups (broad SMARTS) is 1. The van der Waals surface area contributed by atoms with Gasteiger partial charge in [0.2, 0.25) is 0 Å². The molecule has 0 aliphatic heterocycles. The fourth-order valence-electron chi connectivity index (χ4n) is 2.01. The van der Waals surface area contributed by atoms with Crippen LogP contribution in [0.2, 0.25) is 0 Å². The third kappa shape index (κ3) is 5.03. The number of hydrogen-bond acceptors (Lipinski definition) is 3. The maximum atomic E-state index is 11.5. The van der Waals surface area contributed by atoms with Crippen LogP contribution in [0.5, 0.6) is 5.75 Å². The zero-order valence-corrected chi connectivity index (χ0v) is 12.5. The third-order valence-electron chi connectivity index (χ3n) is 3.03. The molecule has 0 bridgehead atoms. The molecule has 20 heavy (non-hydrogen) atoms. The van der Waals surface area contributed by atoms with E-state index in [0.717, 1.165) is 6.42 Å². The van der Waals surface area contributed by atoms with Crippen molar-refractivity contribution in [2.75, 3.05) is 0 Å². The first kappa shape index (κ1) is 16.2. The quantitative estimate of drug-likeness (QED) is 0.660. The van der Waals surface area contributed by atoms with Crippen LogP contribution in [0.15, 0.2) is 24.3 Å². The number of benzene rings is 1. The van der Waals surface area contributed by atoms with Gasteiger partial charge in [0.05, 0.1) is 5.92 Å². The van der Waals surface area contributed by atoms with Crippen LogP contribution in [0.1, 0.15) is 52.0 Å². The molecule has 1 N–H and O–H groups in total. The largest absolute Gasteiger partial charge is 0.481 e. The summed E-state index contributed by atoms with van der Waals surface area (Å²) >= 11 is 0. The van der Waals surface area contributed by atoms with Crippen molar-refractivity contribution < 1.29 is 19.4 Å². The fourth-order valence-corrected chi connectivity index (χ4v) is 2.01. The number of esters is 1. The molecule has 0 saturated carbocycles. The first-order chi connectivity index (χ1) is 9.20. The highest BCUT2D eigenvalue weighted by atomic mass is 16.5. The topological polar surface area (TPSA) is 63.6 Å². The van der Waals surface area contributed by atoms with Gasteiger partial charge in [0, 0.05) is 12.5 Å². The zero-order chi connectivity index (χ0) is 15.3. The standard InChI is InChI=1S/C16H22O4/c1-11(17)20-14-8-6-5-7-12(14)13(15(18)19)9-10-16(2,3)4/h5-8,13H,9-10H2,1-4H3,(H,18,19). The van der Waals surface area contributed by atoms with Gasteiger partial charge in [-0.2, -0.15) is 0 Å². The summed E-state index contributed by atoms with van der Waals surface area (Å²) in [4.78, 5) is 22.6. The van der Waals surface area contributed by atoms with Crippen LogP contribution in [-0.2, 0) is 9.59 Å². The highest BCUT2D eigenvalue weighted by molar-refractivity contribution is 5.78. The van der Waals surface area contributed by atoms with E-state index in [9.17, 15) is 14.7 Å². The van der Waals surface area contributed by atoms with Crippen molar-refractivity contribution in [1.82, 2.24) is 0 Å². The van der Waals surface area contributed by atoms with Gasteiger partial charge in [0.15, 0.2) is 0 Å². The van der Waals surface area contributed by atoms with Gasteiger partial charge in [-0.05, 0) is 24.3 Å². The highest BCUT2D eigenvalue weighted by Gasteiger charge is 2.25. The molecule has 1 aromatic rings. The van der Waals surface area contributed by atoms with Crippen molar-refractivity contribution in [2.24, 2.45) is 5.41 Å². The van der Waals surface area contributed by atoms with Crippen LogP contribution in [0, 0.1) is 5.41 Å². The van der Waals surface area contributed by atoms with Gasteiger partial charge in [0.1, 0.15) is 5.75 Å². The number of carbonyl (C=O) groups is 2. The summed E-state index contributed by atoms with van der Waals surface area (Å²) in [7, 11) is 0. The molecule has 110 valence electrons. The second-order valence-electron chi connectivity index (χ2n) is 6.12. The number of hydrogen-bond donors (Lipinski definition) is 1. The normalized spacial score (nSPS) is 12.8. The van der Waals surface area contributed by atoms with Gasteiger partial charge >= 0.3 is 11.9 Å². The Labute approximate surface area is 119 Å². The number of rotatable bonds is 5. The first-order valence-corrected chi connectivity index (χ1v) is 6.71. The van der Waals surface area contributed by atoms with Crippen LogP contribution in [-0.4, -0.2) is 17.0 Å². The smallest absolute Gasteiger partial charge is 0.311 e. The number of carbonyl (C=O) groups excluding carboxylic acids is 1. The highest BCUT2D eigenvalue weighted by Crippen LogP contribution is 2.33. The van der Waals surface area contributed by atoms with Gasteiger partial charge in [-0.3, -0.25) is 9.59 Å². The summed E-state index contributed by atoms with van der Waals surface area (Å²) < 4.78 is 5.11. The maximum Gasteiger partial charge on any atom is 0.311 e. The van der Waals surface area contributed by atoms with Gasteiger partial charge in [-0.25, -0.2) is 0 Å². The summed E-state index contributed by atoms with van der Waals surface area (Å²) in [6.07, 6.45) is 1.29. The first-order valence-electron chi connectivity index (χ1n) is 6.71. The summed E-state index contributed by atoms with van der Waals surface area (Å²) in [5.74, 6) is -1.67. The number of para-hydroxylation sites is 1. The van der Waals surface area contributed by atoms with Crippen molar-refractivity contribution in [3.05, 3.63) is 29.8 Å². The number of ether oxygens (including phenoxy) is 1. The number of aliphatic carboxylic acids is 1. The SMILES string of the molecule is CC(=O)Oc1ccccc1C(CCC(C)(C)C)C(=O)O. The Morgan fingerprint density at radius 3 is 2.35 bits per heavy atom. The molecule has 0 spiro atoms. The molecule has 0 fully saturated rings. The molecule has 4 heteroatoms. The van der Waals surface area contributed by atoms with E-state index < -0.39 is 17.9 Å². The van der Waals surface area contributed by atoms with Crippen molar-refractivity contribution in [2.45, 2.75) is 46.5 Å². The van der Waals surface area contributed by atoms with Gasteiger partial charge < -0.3 is 9.84 Å². The van der Waals surface area contributed by atoms with Crippen LogP contribution >= 0.6 is 0 Å². The Morgan fingerprint density at radius 2 is 1.85 bits per heavy atom. The van der Waals surface area contributed by atoms with Crippen molar-refractivity contribution in [3.8, 4) is 5.75 Å². The van der Waals surface area contributed by atoms with Crippen molar-refractivity contribution >= 4 is 11.9 Å². The van der Waals surface area contributed by atoms with E-state index in [1.807, 2.05) is 0 Å². The second-order valence-corrected chi connectivity index (χ2v) is 6.12. The minimum absolute atomic E-state index is 0.0596. The van der Waals surface area contributed by atoms with E-state index in [1.165, 1.54) is 6.92 Å². The Kier molecular flexibility index (Phi) is 5.31. The Morgan fingerprint density at radius 1 is 1.25 bits per heavy atom. The average Bonchev–Trinajstić information content (AvgIpc) is 2.28. The molecule has 0 radical (unpaired) electrons. The molecule has 1 rings (SSSR count). The van der Waals surface area contributed by atoms with E-state index in [4.69, 9.17) is 4.74 Å². The minimum Gasteiger partial charge on any atom is -0.481 e. The second kappa shape index (κ2) is 6.55. The van der Waals surface area contributed by atoms with E-state index in [0.29, 0.717) is 17.7 Å². The van der Waals surface area contributed by atoms with Gasteiger partial charge in [-0.15, -0.1) is 0 Å². The molecule has 1 aromatic carbocycles. The summed E-state index contributed by atoms with van der Waals surface area (Å²) in [5.41, 5.74) is 0.615. The van der Waals surface area contributed by atoms with Crippen molar-refractivity contribution in [3.63, 3.8) is 0 Å². The van der Waals surface area contributed by atoms with Gasteiger partial charge in [0.25, 0.3) is 0 Å². The summed E-state index contributed by atoms with van der Waals surface area (Å²) in [6, 6.07) is 6.82. The predicted octanol–water partition coefficient (Wildman–Crippen LogP) is 3.61. The minimum atomic E-state index is -0.895. The van der Waals surface area contributed by atoms with Crippen LogP contribution in [0.4, 0.5) is 0 Å². The van der Waals surface area contributed by atoms with E-state index >= 15 is 0 Å². The third-order valence-corrected chi connectivity index (χ3v) is 3.03. The number of carboxylic acids is 1. The van der Waals surface area contributed by atoms with Crippen LogP contribution < -0.4 is 4.74 Å². The molecule has 1 atom stereocenters. The monoisotopic (exact) mass is 278 g/mol. The Hall–Kier alpha value is -1.84. The molecule has 0 aliphatic carbocycles. The van der Waals surface area contributed by atoms with E-state index in [-0.39, 0.29) is 5.41 Å². The molecule has 1 unspecified atom stereocenters. The lowest BCUT2D eigenvalue weighted by Gasteiger charge is -2.22. The molecular formula is C16H22O4. The molecule has 0 aromatic heterocycles. The van der Waals surface area contributed by atoms with E-state index in [1.54, 1.807) is 24.3 Å². The molecule has 0 amide bonds. The molecule has 0 saturated heterocycles. The maximum absolute atomic E-state index is 11.5. The van der Waals surface area contributed by atoms with E-state index in [2.05, 4.69) is 20.8 Å². The van der Waals surface area contributed by atoms with Crippen molar-refractivity contribution in [1.29, 1.82) is 0 Å². The molecule has 0 heterocycles. The lowest BCUT2D eigenvalue weighted by Crippen LogP contribution is -2.17. The molecule has 4 nitrogen and oxygen atoms in total.